The number of nitrogens with one attached hydrogen (secondary N) is 1. The fourth-order valence-corrected chi connectivity index (χ4v) is 2.43. The standard InChI is InChI=1S/C17H26N2O4/c1-17(2,11-19-16(20)9-13(10-18)21-3)12-4-5-14-15(8-12)23-7-6-22-14/h4-5,8,13H,6-7,9-11,18H2,1-3H3,(H,19,20). The van der Waals surface area contributed by atoms with Gasteiger partial charge in [0.15, 0.2) is 11.5 Å². The van der Waals surface area contributed by atoms with Crippen molar-refractivity contribution in [3.8, 4) is 11.5 Å². The highest BCUT2D eigenvalue weighted by Crippen LogP contribution is 2.34. The number of hydrogen-bond acceptors (Lipinski definition) is 5. The molecule has 6 heteroatoms. The van der Waals surface area contributed by atoms with E-state index >= 15 is 0 Å². The molecule has 1 aliphatic heterocycles. The minimum Gasteiger partial charge on any atom is -0.486 e. The predicted molar refractivity (Wildman–Crippen MR) is 87.9 cm³/mol. The minimum absolute atomic E-state index is 0.0621. The van der Waals surface area contributed by atoms with Crippen molar-refractivity contribution in [3.05, 3.63) is 23.8 Å². The smallest absolute Gasteiger partial charge is 0.222 e. The van der Waals surface area contributed by atoms with Crippen LogP contribution in [0.25, 0.3) is 0 Å². The number of ether oxygens (including phenoxy) is 3. The van der Waals surface area contributed by atoms with Crippen LogP contribution in [0, 0.1) is 0 Å². The number of hydrogen-bond donors (Lipinski definition) is 2. The molecule has 0 saturated heterocycles. The Hall–Kier alpha value is -1.79. The molecule has 6 nitrogen and oxygen atoms in total. The van der Waals surface area contributed by atoms with Crippen LogP contribution in [0.1, 0.15) is 25.8 Å². The van der Waals surface area contributed by atoms with E-state index in [2.05, 4.69) is 19.2 Å². The number of nitrogens with two attached hydrogens (primary N) is 1. The molecule has 3 N–H and O–H groups in total. The molecule has 0 aliphatic carbocycles. The summed E-state index contributed by atoms with van der Waals surface area (Å²) in [4.78, 5) is 12.0. The largest absolute Gasteiger partial charge is 0.486 e. The van der Waals surface area contributed by atoms with Crippen molar-refractivity contribution in [1.29, 1.82) is 0 Å². The molecule has 1 unspecified atom stereocenters. The average Bonchev–Trinajstić information content (AvgIpc) is 2.57. The molecule has 23 heavy (non-hydrogen) atoms. The summed E-state index contributed by atoms with van der Waals surface area (Å²) in [5, 5.41) is 2.95. The van der Waals surface area contributed by atoms with Crippen LogP contribution in [-0.4, -0.2) is 45.4 Å². The van der Waals surface area contributed by atoms with Gasteiger partial charge in [-0.2, -0.15) is 0 Å². The van der Waals surface area contributed by atoms with E-state index in [9.17, 15) is 4.79 Å². The molecule has 128 valence electrons. The van der Waals surface area contributed by atoms with Gasteiger partial charge in [0.05, 0.1) is 12.5 Å². The van der Waals surface area contributed by atoms with Crippen molar-refractivity contribution in [2.24, 2.45) is 5.73 Å². The molecule has 1 atom stereocenters. The number of benzene rings is 1. The van der Waals surface area contributed by atoms with Gasteiger partial charge in [0.25, 0.3) is 0 Å². The van der Waals surface area contributed by atoms with Crippen molar-refractivity contribution < 1.29 is 19.0 Å². The molecule has 0 fully saturated rings. The van der Waals surface area contributed by atoms with E-state index in [0.717, 1.165) is 17.1 Å². The summed E-state index contributed by atoms with van der Waals surface area (Å²) >= 11 is 0. The van der Waals surface area contributed by atoms with Gasteiger partial charge in [-0.3, -0.25) is 4.79 Å². The monoisotopic (exact) mass is 322 g/mol. The van der Waals surface area contributed by atoms with Crippen LogP contribution in [0.5, 0.6) is 11.5 Å². The first-order valence-corrected chi connectivity index (χ1v) is 7.86. The summed E-state index contributed by atoms with van der Waals surface area (Å²) in [6, 6.07) is 5.92. The minimum atomic E-state index is -0.243. The van der Waals surface area contributed by atoms with Gasteiger partial charge < -0.3 is 25.3 Å². The zero-order chi connectivity index (χ0) is 16.9. The lowest BCUT2D eigenvalue weighted by Gasteiger charge is -2.28. The third-order valence-electron chi connectivity index (χ3n) is 4.06. The predicted octanol–water partition coefficient (Wildman–Crippen LogP) is 1.22. The third-order valence-corrected chi connectivity index (χ3v) is 4.06. The summed E-state index contributed by atoms with van der Waals surface area (Å²) in [7, 11) is 1.56. The molecule has 1 aromatic rings. The van der Waals surface area contributed by atoms with Crippen LogP contribution in [0.4, 0.5) is 0 Å². The quantitative estimate of drug-likeness (QED) is 0.788. The van der Waals surface area contributed by atoms with Crippen molar-refractivity contribution >= 4 is 5.91 Å². The Morgan fingerprint density at radius 2 is 2.04 bits per heavy atom. The first-order valence-electron chi connectivity index (χ1n) is 7.86. The Morgan fingerprint density at radius 1 is 1.35 bits per heavy atom. The molecule has 1 amide bonds. The summed E-state index contributed by atoms with van der Waals surface area (Å²) in [6.07, 6.45) is 0.0249. The summed E-state index contributed by atoms with van der Waals surface area (Å²) in [5.41, 5.74) is 6.40. The van der Waals surface area contributed by atoms with E-state index in [4.69, 9.17) is 19.9 Å². The SMILES string of the molecule is COC(CN)CC(=O)NCC(C)(C)c1ccc2c(c1)OCCO2. The Kier molecular flexibility index (Phi) is 5.85. The Bertz CT molecular complexity index is 541. The van der Waals surface area contributed by atoms with Crippen molar-refractivity contribution in [2.45, 2.75) is 31.8 Å². The number of methoxy groups -OCH3 is 1. The van der Waals surface area contributed by atoms with Crippen LogP contribution >= 0.6 is 0 Å². The van der Waals surface area contributed by atoms with E-state index in [0.29, 0.717) is 26.3 Å². The lowest BCUT2D eigenvalue weighted by atomic mass is 9.84. The van der Waals surface area contributed by atoms with Gasteiger partial charge in [-0.25, -0.2) is 0 Å². The normalized spacial score (nSPS) is 15.1. The Labute approximate surface area is 137 Å². The molecule has 0 bridgehead atoms. The third kappa shape index (κ3) is 4.59. The summed E-state index contributed by atoms with van der Waals surface area (Å²) in [6.45, 7) is 6.14. The van der Waals surface area contributed by atoms with Gasteiger partial charge in [0.2, 0.25) is 5.91 Å². The van der Waals surface area contributed by atoms with Crippen molar-refractivity contribution in [3.63, 3.8) is 0 Å². The van der Waals surface area contributed by atoms with Crippen LogP contribution in [0.3, 0.4) is 0 Å². The zero-order valence-corrected chi connectivity index (χ0v) is 14.1. The molecule has 0 saturated carbocycles. The van der Waals surface area contributed by atoms with Gasteiger partial charge >= 0.3 is 0 Å². The first kappa shape index (κ1) is 17.6. The molecule has 1 heterocycles. The maximum atomic E-state index is 12.0. The summed E-state index contributed by atoms with van der Waals surface area (Å²) < 4.78 is 16.3. The van der Waals surface area contributed by atoms with Gasteiger partial charge in [-0.05, 0) is 17.7 Å². The maximum Gasteiger partial charge on any atom is 0.222 e. The van der Waals surface area contributed by atoms with E-state index in [1.165, 1.54) is 0 Å². The average molecular weight is 322 g/mol. The van der Waals surface area contributed by atoms with Crippen LogP contribution in [0.15, 0.2) is 18.2 Å². The van der Waals surface area contributed by atoms with Gasteiger partial charge in [-0.15, -0.1) is 0 Å². The first-order chi connectivity index (χ1) is 11.0. The van der Waals surface area contributed by atoms with E-state index < -0.39 is 0 Å². The number of amides is 1. The topological polar surface area (TPSA) is 82.8 Å². The van der Waals surface area contributed by atoms with E-state index in [-0.39, 0.29) is 23.8 Å². The molecule has 0 spiro atoms. The van der Waals surface area contributed by atoms with Crippen molar-refractivity contribution in [2.75, 3.05) is 33.4 Å². The number of rotatable bonds is 7. The highest BCUT2D eigenvalue weighted by atomic mass is 16.6. The fourth-order valence-electron chi connectivity index (χ4n) is 2.43. The molecule has 1 aromatic carbocycles. The Morgan fingerprint density at radius 3 is 2.70 bits per heavy atom. The van der Waals surface area contributed by atoms with Crippen molar-refractivity contribution in [1.82, 2.24) is 5.32 Å². The second-order valence-electron chi connectivity index (χ2n) is 6.32. The van der Waals surface area contributed by atoms with E-state index in [1.54, 1.807) is 7.11 Å². The van der Waals surface area contributed by atoms with Gasteiger partial charge in [0.1, 0.15) is 13.2 Å². The van der Waals surface area contributed by atoms with Crippen LogP contribution in [-0.2, 0) is 14.9 Å². The molecule has 2 rings (SSSR count). The number of fused-ring (bicyclic) bond motifs is 1. The van der Waals surface area contributed by atoms with Gasteiger partial charge in [-0.1, -0.05) is 19.9 Å². The highest BCUT2D eigenvalue weighted by Gasteiger charge is 2.24. The van der Waals surface area contributed by atoms with Crippen LogP contribution < -0.4 is 20.5 Å². The lowest BCUT2D eigenvalue weighted by Crippen LogP contribution is -2.39. The van der Waals surface area contributed by atoms with Crippen LogP contribution in [0.2, 0.25) is 0 Å². The second-order valence-corrected chi connectivity index (χ2v) is 6.32. The molecule has 1 aliphatic rings. The van der Waals surface area contributed by atoms with Gasteiger partial charge in [0, 0.05) is 25.6 Å². The molecular formula is C17H26N2O4. The molecule has 0 radical (unpaired) electrons. The number of carbonyl (C=O) groups excluding carboxylic acids is 1. The molecular weight excluding hydrogens is 296 g/mol. The lowest BCUT2D eigenvalue weighted by molar-refractivity contribution is -0.123. The Balaban J connectivity index is 1.97. The fraction of sp³-hybridized carbons (Fsp3) is 0.588. The highest BCUT2D eigenvalue weighted by molar-refractivity contribution is 5.76. The zero-order valence-electron chi connectivity index (χ0n) is 14.1. The number of carbonyl (C=O) groups is 1. The molecule has 0 aromatic heterocycles. The maximum absolute atomic E-state index is 12.0. The second kappa shape index (κ2) is 7.66. The van der Waals surface area contributed by atoms with E-state index in [1.807, 2.05) is 18.2 Å². The summed E-state index contributed by atoms with van der Waals surface area (Å²) in [5.74, 6) is 1.47.